The van der Waals surface area contributed by atoms with Crippen LogP contribution >= 0.6 is 11.8 Å². The predicted octanol–water partition coefficient (Wildman–Crippen LogP) is 3.08. The lowest BCUT2D eigenvalue weighted by Crippen LogP contribution is -2.22. The van der Waals surface area contributed by atoms with E-state index in [0.29, 0.717) is 0 Å². The van der Waals surface area contributed by atoms with E-state index in [1.165, 1.54) is 5.56 Å². The first kappa shape index (κ1) is 10.6. The van der Waals surface area contributed by atoms with Gasteiger partial charge in [0.2, 0.25) is 0 Å². The summed E-state index contributed by atoms with van der Waals surface area (Å²) < 4.78 is 5.15. The maximum absolute atomic E-state index is 5.15. The van der Waals surface area contributed by atoms with E-state index in [2.05, 4.69) is 24.0 Å². The molecule has 1 atom stereocenters. The van der Waals surface area contributed by atoms with Crippen molar-refractivity contribution in [2.24, 2.45) is 4.99 Å². The van der Waals surface area contributed by atoms with E-state index in [-0.39, 0.29) is 5.54 Å². The van der Waals surface area contributed by atoms with E-state index < -0.39 is 0 Å². The molecule has 3 heteroatoms. The lowest BCUT2D eigenvalue weighted by molar-refractivity contribution is 0.413. The van der Waals surface area contributed by atoms with Gasteiger partial charge in [-0.25, -0.2) is 0 Å². The molecule has 0 bridgehead atoms. The third-order valence-corrected chi connectivity index (χ3v) is 3.53. The van der Waals surface area contributed by atoms with Gasteiger partial charge in [0.05, 0.1) is 18.2 Å². The van der Waals surface area contributed by atoms with Crippen molar-refractivity contribution >= 4 is 17.3 Å². The van der Waals surface area contributed by atoms with E-state index in [1.807, 2.05) is 17.7 Å². The molecule has 1 aromatic carbocycles. The Hall–Kier alpha value is -0.960. The summed E-state index contributed by atoms with van der Waals surface area (Å²) in [7, 11) is 1.69. The van der Waals surface area contributed by atoms with Crippen molar-refractivity contribution in [3.05, 3.63) is 29.8 Å². The summed E-state index contributed by atoms with van der Waals surface area (Å²) in [6.45, 7) is 2.19. The van der Waals surface area contributed by atoms with E-state index in [9.17, 15) is 0 Å². The fourth-order valence-electron chi connectivity index (χ4n) is 1.70. The first-order chi connectivity index (χ1) is 7.24. The molecule has 2 nitrogen and oxygen atoms in total. The Balaban J connectivity index is 2.28. The molecule has 0 saturated carbocycles. The van der Waals surface area contributed by atoms with Crippen LogP contribution in [0.5, 0.6) is 5.75 Å². The number of hydrogen-bond acceptors (Lipinski definition) is 3. The third-order valence-electron chi connectivity index (χ3n) is 2.83. The molecule has 2 rings (SSSR count). The molecular formula is C12H15NOS. The van der Waals surface area contributed by atoms with Gasteiger partial charge in [-0.15, -0.1) is 11.8 Å². The van der Waals surface area contributed by atoms with E-state index in [0.717, 1.165) is 17.9 Å². The third kappa shape index (κ3) is 2.17. The highest BCUT2D eigenvalue weighted by Crippen LogP contribution is 2.34. The minimum atomic E-state index is -0.0441. The van der Waals surface area contributed by atoms with Crippen LogP contribution in [0, 0.1) is 0 Å². The van der Waals surface area contributed by atoms with Crippen LogP contribution in [0.25, 0.3) is 0 Å². The summed E-state index contributed by atoms with van der Waals surface area (Å²) >= 11 is 1.78. The van der Waals surface area contributed by atoms with Crippen LogP contribution in [0.4, 0.5) is 0 Å². The number of nitrogens with zero attached hydrogens (tertiary/aromatic N) is 1. The Bertz CT molecular complexity index is 360. The summed E-state index contributed by atoms with van der Waals surface area (Å²) in [6, 6.07) is 8.20. The van der Waals surface area contributed by atoms with Gasteiger partial charge >= 0.3 is 0 Å². The number of thioether (sulfide) groups is 1. The predicted molar refractivity (Wildman–Crippen MR) is 65.9 cm³/mol. The minimum Gasteiger partial charge on any atom is -0.497 e. The lowest BCUT2D eigenvalue weighted by atomic mass is 9.90. The smallest absolute Gasteiger partial charge is 0.118 e. The minimum absolute atomic E-state index is 0.0441. The molecule has 0 saturated heterocycles. The van der Waals surface area contributed by atoms with Crippen molar-refractivity contribution < 1.29 is 4.74 Å². The van der Waals surface area contributed by atoms with Crippen LogP contribution in [-0.2, 0) is 5.54 Å². The van der Waals surface area contributed by atoms with Crippen LogP contribution in [0.1, 0.15) is 18.9 Å². The van der Waals surface area contributed by atoms with Crippen LogP contribution in [-0.4, -0.2) is 18.4 Å². The summed E-state index contributed by atoms with van der Waals surface area (Å²) in [6.07, 6.45) is 1.10. The Morgan fingerprint density at radius 3 is 2.60 bits per heavy atom. The maximum atomic E-state index is 5.15. The molecule has 0 amide bonds. The van der Waals surface area contributed by atoms with Gasteiger partial charge < -0.3 is 4.74 Å². The Morgan fingerprint density at radius 2 is 2.07 bits per heavy atom. The van der Waals surface area contributed by atoms with Gasteiger partial charge in [-0.1, -0.05) is 12.1 Å². The molecule has 1 aromatic rings. The molecule has 0 spiro atoms. The average Bonchev–Trinajstić information content (AvgIpc) is 2.30. The van der Waals surface area contributed by atoms with Crippen molar-refractivity contribution in [1.29, 1.82) is 0 Å². The second kappa shape index (κ2) is 4.27. The second-order valence-corrected chi connectivity index (χ2v) is 4.81. The Labute approximate surface area is 94.7 Å². The van der Waals surface area contributed by atoms with Gasteiger partial charge in [0.1, 0.15) is 5.75 Å². The quantitative estimate of drug-likeness (QED) is 0.765. The van der Waals surface area contributed by atoms with Crippen molar-refractivity contribution in [2.75, 3.05) is 12.9 Å². The van der Waals surface area contributed by atoms with Crippen molar-refractivity contribution in [1.82, 2.24) is 0 Å². The highest BCUT2D eigenvalue weighted by molar-refractivity contribution is 8.12. The fraction of sp³-hybridized carbons (Fsp3) is 0.417. The summed E-state index contributed by atoms with van der Waals surface area (Å²) in [5.74, 6) is 2.04. The second-order valence-electron chi connectivity index (χ2n) is 3.86. The van der Waals surface area contributed by atoms with Crippen LogP contribution < -0.4 is 4.74 Å². The zero-order valence-corrected chi connectivity index (χ0v) is 9.88. The molecule has 0 fully saturated rings. The highest BCUT2D eigenvalue weighted by atomic mass is 32.2. The molecule has 0 radical (unpaired) electrons. The van der Waals surface area contributed by atoms with E-state index >= 15 is 0 Å². The number of ether oxygens (including phenoxy) is 1. The highest BCUT2D eigenvalue weighted by Gasteiger charge is 2.26. The first-order valence-corrected chi connectivity index (χ1v) is 6.09. The van der Waals surface area contributed by atoms with Gasteiger partial charge in [-0.2, -0.15) is 0 Å². The summed E-state index contributed by atoms with van der Waals surface area (Å²) in [5, 5.41) is 0. The van der Waals surface area contributed by atoms with Crippen LogP contribution in [0.3, 0.4) is 0 Å². The molecule has 15 heavy (non-hydrogen) atoms. The molecule has 0 aromatic heterocycles. The average molecular weight is 221 g/mol. The zero-order valence-electron chi connectivity index (χ0n) is 9.06. The number of aliphatic imine (C=N–C) groups is 1. The number of benzene rings is 1. The van der Waals surface area contributed by atoms with E-state index in [4.69, 9.17) is 4.74 Å². The maximum Gasteiger partial charge on any atom is 0.118 e. The van der Waals surface area contributed by atoms with Crippen molar-refractivity contribution in [3.8, 4) is 5.75 Å². The number of methoxy groups -OCH3 is 1. The summed E-state index contributed by atoms with van der Waals surface area (Å²) in [5.41, 5.74) is 3.19. The fourth-order valence-corrected chi connectivity index (χ4v) is 2.63. The molecule has 1 heterocycles. The monoisotopic (exact) mass is 221 g/mol. The molecule has 1 aliphatic heterocycles. The van der Waals surface area contributed by atoms with Crippen LogP contribution in [0.2, 0.25) is 0 Å². The molecule has 80 valence electrons. The normalized spacial score (nSPS) is 25.2. The Morgan fingerprint density at radius 1 is 1.33 bits per heavy atom. The standard InChI is InChI=1S/C12H15NOS/c1-12(7-8-15-9-13-12)10-3-5-11(14-2)6-4-10/h3-6,9H,7-8H2,1-2H3. The lowest BCUT2D eigenvalue weighted by Gasteiger charge is -2.28. The van der Waals surface area contributed by atoms with Gasteiger partial charge in [-0.05, 0) is 31.0 Å². The molecule has 0 N–H and O–H groups in total. The zero-order chi connectivity index (χ0) is 10.7. The van der Waals surface area contributed by atoms with Gasteiger partial charge in [0, 0.05) is 5.75 Å². The molecule has 1 unspecified atom stereocenters. The van der Waals surface area contributed by atoms with Crippen molar-refractivity contribution in [2.45, 2.75) is 18.9 Å². The first-order valence-electron chi connectivity index (χ1n) is 5.04. The summed E-state index contributed by atoms with van der Waals surface area (Å²) in [4.78, 5) is 4.58. The van der Waals surface area contributed by atoms with Crippen molar-refractivity contribution in [3.63, 3.8) is 0 Å². The topological polar surface area (TPSA) is 21.6 Å². The molecule has 0 aliphatic carbocycles. The largest absolute Gasteiger partial charge is 0.497 e. The van der Waals surface area contributed by atoms with Gasteiger partial charge in [-0.3, -0.25) is 4.99 Å². The number of hydrogen-bond donors (Lipinski definition) is 0. The molecule has 1 aliphatic rings. The van der Waals surface area contributed by atoms with Crippen LogP contribution in [0.15, 0.2) is 29.3 Å². The Kier molecular flexibility index (Phi) is 3.00. The van der Waals surface area contributed by atoms with Gasteiger partial charge in [0.15, 0.2) is 0 Å². The number of rotatable bonds is 2. The van der Waals surface area contributed by atoms with E-state index in [1.54, 1.807) is 18.9 Å². The molecular weight excluding hydrogens is 206 g/mol. The SMILES string of the molecule is COc1ccc(C2(C)CCSC=N2)cc1. The van der Waals surface area contributed by atoms with Gasteiger partial charge in [0.25, 0.3) is 0 Å².